The van der Waals surface area contributed by atoms with Crippen LogP contribution in [-0.2, 0) is 4.74 Å². The van der Waals surface area contributed by atoms with Crippen LogP contribution in [0.2, 0.25) is 0 Å². The Labute approximate surface area is 153 Å². The normalized spacial score (nSPS) is 11.5. The first kappa shape index (κ1) is 19.4. The van der Waals surface area contributed by atoms with Gasteiger partial charge < -0.3 is 15.4 Å². The average Bonchev–Trinajstić information content (AvgIpc) is 2.61. The lowest BCUT2D eigenvalue weighted by Crippen LogP contribution is -2.32. The van der Waals surface area contributed by atoms with Crippen molar-refractivity contribution < 1.29 is 14.3 Å². The second-order valence-corrected chi connectivity index (χ2v) is 5.89. The van der Waals surface area contributed by atoms with E-state index in [0.29, 0.717) is 16.9 Å². The van der Waals surface area contributed by atoms with Gasteiger partial charge in [0.2, 0.25) is 5.95 Å². The zero-order valence-electron chi connectivity index (χ0n) is 15.5. The molecule has 0 spiro atoms. The van der Waals surface area contributed by atoms with Gasteiger partial charge in [0.05, 0.1) is 17.9 Å². The summed E-state index contributed by atoms with van der Waals surface area (Å²) in [5.74, 6) is -0.444. The average molecular weight is 356 g/mol. The molecule has 0 fully saturated rings. The summed E-state index contributed by atoms with van der Waals surface area (Å²) in [5, 5.41) is 5.89. The highest BCUT2D eigenvalue weighted by Gasteiger charge is 2.15. The van der Waals surface area contributed by atoms with Gasteiger partial charge in [-0.1, -0.05) is 19.1 Å². The lowest BCUT2D eigenvalue weighted by molar-refractivity contribution is 0.0527. The van der Waals surface area contributed by atoms with Gasteiger partial charge in [0.15, 0.2) is 0 Å². The molecule has 0 aliphatic heterocycles. The van der Waals surface area contributed by atoms with E-state index >= 15 is 0 Å². The highest BCUT2D eigenvalue weighted by molar-refractivity contribution is 5.96. The van der Waals surface area contributed by atoms with E-state index in [4.69, 9.17) is 4.74 Å². The number of amides is 1. The molecule has 26 heavy (non-hydrogen) atoms. The minimum absolute atomic E-state index is 0.0544. The van der Waals surface area contributed by atoms with Gasteiger partial charge in [0.1, 0.15) is 5.69 Å². The fourth-order valence-corrected chi connectivity index (χ4v) is 2.24. The molecular formula is C19H24N4O3. The Kier molecular flexibility index (Phi) is 6.66. The molecule has 2 rings (SSSR count). The number of carbonyl (C=O) groups is 2. The first-order chi connectivity index (χ1) is 12.4. The monoisotopic (exact) mass is 356 g/mol. The quantitative estimate of drug-likeness (QED) is 0.740. The van der Waals surface area contributed by atoms with Crippen LogP contribution in [-0.4, -0.2) is 34.5 Å². The van der Waals surface area contributed by atoms with E-state index in [1.54, 1.807) is 44.2 Å². The number of benzene rings is 1. The number of rotatable bonds is 7. The molecule has 2 N–H and O–H groups in total. The Balaban J connectivity index is 2.28. The molecule has 1 aromatic heterocycles. The standard InChI is InChI=1S/C19H24N4O3/c1-5-12(3)20-17(24)16-11-13(4)21-19(23-16)22-15-10-8-7-9-14(15)18(25)26-6-2/h7-12H,5-6H2,1-4H3,(H,20,24)(H,21,22,23). The maximum atomic E-state index is 12.3. The van der Waals surface area contributed by atoms with Crippen molar-refractivity contribution in [2.75, 3.05) is 11.9 Å². The number of aryl methyl sites for hydroxylation is 1. The van der Waals surface area contributed by atoms with Crippen LogP contribution in [0.5, 0.6) is 0 Å². The summed E-state index contributed by atoms with van der Waals surface area (Å²) >= 11 is 0. The van der Waals surface area contributed by atoms with Crippen molar-refractivity contribution in [3.05, 3.63) is 47.3 Å². The Morgan fingerprint density at radius 1 is 1.19 bits per heavy atom. The number of para-hydroxylation sites is 1. The van der Waals surface area contributed by atoms with Crippen LogP contribution < -0.4 is 10.6 Å². The summed E-state index contributed by atoms with van der Waals surface area (Å²) in [6, 6.07) is 8.61. The van der Waals surface area contributed by atoms with Gasteiger partial charge >= 0.3 is 5.97 Å². The first-order valence-electron chi connectivity index (χ1n) is 8.64. The number of anilines is 2. The molecule has 0 bridgehead atoms. The number of aromatic nitrogens is 2. The molecule has 7 heteroatoms. The predicted octanol–water partition coefficient (Wildman–Crippen LogP) is 3.23. The van der Waals surface area contributed by atoms with E-state index in [1.165, 1.54) is 0 Å². The lowest BCUT2D eigenvalue weighted by atomic mass is 10.2. The smallest absolute Gasteiger partial charge is 0.340 e. The zero-order chi connectivity index (χ0) is 19.1. The van der Waals surface area contributed by atoms with E-state index in [9.17, 15) is 9.59 Å². The fourth-order valence-electron chi connectivity index (χ4n) is 2.24. The van der Waals surface area contributed by atoms with Crippen LogP contribution in [0, 0.1) is 6.92 Å². The summed E-state index contributed by atoms with van der Waals surface area (Å²) in [4.78, 5) is 33.0. The molecule has 1 atom stereocenters. The molecule has 0 aliphatic carbocycles. The van der Waals surface area contributed by atoms with Gasteiger partial charge in [-0.15, -0.1) is 0 Å². The fraction of sp³-hybridized carbons (Fsp3) is 0.368. The van der Waals surface area contributed by atoms with Crippen molar-refractivity contribution in [2.24, 2.45) is 0 Å². The lowest BCUT2D eigenvalue weighted by Gasteiger charge is -2.13. The van der Waals surface area contributed by atoms with Gasteiger partial charge in [-0.2, -0.15) is 0 Å². The van der Waals surface area contributed by atoms with E-state index in [0.717, 1.165) is 6.42 Å². The van der Waals surface area contributed by atoms with Crippen molar-refractivity contribution in [3.8, 4) is 0 Å². The predicted molar refractivity (Wildman–Crippen MR) is 99.7 cm³/mol. The van der Waals surface area contributed by atoms with E-state index in [1.807, 2.05) is 13.8 Å². The number of ether oxygens (including phenoxy) is 1. The summed E-state index contributed by atoms with van der Waals surface area (Å²) in [6.07, 6.45) is 0.827. The number of hydrogen-bond acceptors (Lipinski definition) is 6. The van der Waals surface area contributed by atoms with Crippen molar-refractivity contribution in [3.63, 3.8) is 0 Å². The third-order valence-corrected chi connectivity index (χ3v) is 3.75. The van der Waals surface area contributed by atoms with Crippen LogP contribution >= 0.6 is 0 Å². The summed E-state index contributed by atoms with van der Waals surface area (Å²) < 4.78 is 5.06. The highest BCUT2D eigenvalue weighted by atomic mass is 16.5. The number of nitrogens with zero attached hydrogens (tertiary/aromatic N) is 2. The van der Waals surface area contributed by atoms with Crippen molar-refractivity contribution >= 4 is 23.5 Å². The Morgan fingerprint density at radius 2 is 1.92 bits per heavy atom. The number of nitrogens with one attached hydrogen (secondary N) is 2. The Hall–Kier alpha value is -2.96. The SMILES string of the molecule is CCOC(=O)c1ccccc1Nc1nc(C)cc(C(=O)NC(C)CC)n1. The molecule has 1 amide bonds. The summed E-state index contributed by atoms with van der Waals surface area (Å²) in [6.45, 7) is 7.74. The zero-order valence-corrected chi connectivity index (χ0v) is 15.5. The van der Waals surface area contributed by atoms with Crippen molar-refractivity contribution in [1.29, 1.82) is 0 Å². The number of hydrogen-bond donors (Lipinski definition) is 2. The van der Waals surface area contributed by atoms with E-state index < -0.39 is 5.97 Å². The maximum absolute atomic E-state index is 12.3. The third-order valence-electron chi connectivity index (χ3n) is 3.75. The molecule has 1 unspecified atom stereocenters. The Morgan fingerprint density at radius 3 is 2.62 bits per heavy atom. The molecule has 7 nitrogen and oxygen atoms in total. The van der Waals surface area contributed by atoms with Crippen molar-refractivity contribution in [1.82, 2.24) is 15.3 Å². The van der Waals surface area contributed by atoms with E-state index in [2.05, 4.69) is 20.6 Å². The molecule has 0 radical (unpaired) electrons. The van der Waals surface area contributed by atoms with Crippen LogP contribution in [0.25, 0.3) is 0 Å². The maximum Gasteiger partial charge on any atom is 0.340 e. The highest BCUT2D eigenvalue weighted by Crippen LogP contribution is 2.20. The number of carbonyl (C=O) groups excluding carboxylic acids is 2. The van der Waals surface area contributed by atoms with Crippen LogP contribution in [0.4, 0.5) is 11.6 Å². The van der Waals surface area contributed by atoms with Gasteiger partial charge in [0.25, 0.3) is 5.91 Å². The second-order valence-electron chi connectivity index (χ2n) is 5.89. The first-order valence-corrected chi connectivity index (χ1v) is 8.64. The summed E-state index contributed by atoms with van der Waals surface area (Å²) in [5.41, 5.74) is 1.81. The van der Waals surface area contributed by atoms with Gasteiger partial charge in [0, 0.05) is 11.7 Å². The molecule has 1 heterocycles. The minimum atomic E-state index is -0.432. The Bertz CT molecular complexity index is 792. The molecule has 1 aromatic carbocycles. The van der Waals surface area contributed by atoms with E-state index in [-0.39, 0.29) is 30.2 Å². The summed E-state index contributed by atoms with van der Waals surface area (Å²) in [7, 11) is 0. The van der Waals surface area contributed by atoms with Crippen molar-refractivity contribution in [2.45, 2.75) is 40.2 Å². The minimum Gasteiger partial charge on any atom is -0.462 e. The molecule has 0 saturated carbocycles. The van der Waals surface area contributed by atoms with Gasteiger partial charge in [-0.05, 0) is 45.4 Å². The van der Waals surface area contributed by atoms with Crippen LogP contribution in [0.3, 0.4) is 0 Å². The van der Waals surface area contributed by atoms with Crippen LogP contribution in [0.1, 0.15) is 53.7 Å². The topological polar surface area (TPSA) is 93.2 Å². The molecule has 0 aliphatic rings. The third kappa shape index (κ3) is 5.02. The van der Waals surface area contributed by atoms with Gasteiger partial charge in [-0.3, -0.25) is 4.79 Å². The largest absolute Gasteiger partial charge is 0.462 e. The second kappa shape index (κ2) is 8.94. The molecular weight excluding hydrogens is 332 g/mol. The van der Waals surface area contributed by atoms with Crippen LogP contribution in [0.15, 0.2) is 30.3 Å². The molecule has 138 valence electrons. The number of esters is 1. The molecule has 2 aromatic rings. The molecule has 0 saturated heterocycles. The van der Waals surface area contributed by atoms with Gasteiger partial charge in [-0.25, -0.2) is 14.8 Å².